The maximum absolute atomic E-state index is 14.4. The average molecular weight is 1160 g/mol. The maximum Gasteiger partial charge on any atom is 0.245 e. The molecule has 0 aliphatic carbocycles. The van der Waals surface area contributed by atoms with Gasteiger partial charge in [0.15, 0.2) is 0 Å². The quantitative estimate of drug-likeness (QED) is 0.0310. The van der Waals surface area contributed by atoms with E-state index in [1.54, 1.807) is 27.7 Å². The Hall–Kier alpha value is -6.11. The summed E-state index contributed by atoms with van der Waals surface area (Å²) in [6.07, 6.45) is 0.845. The van der Waals surface area contributed by atoms with E-state index in [0.717, 1.165) is 19.3 Å². The lowest BCUT2D eigenvalue weighted by atomic mass is 9.99. The fourth-order valence-electron chi connectivity index (χ4n) is 8.61. The molecular formula is C52H98N16O13. The van der Waals surface area contributed by atoms with E-state index in [-0.39, 0.29) is 95.9 Å². The fraction of sp³-hybridized carbons (Fsp3) is 0.788. The molecule has 1 heterocycles. The van der Waals surface area contributed by atoms with Crippen molar-refractivity contribution < 1.29 is 63.0 Å². The summed E-state index contributed by atoms with van der Waals surface area (Å²) in [7, 11) is 0. The number of carbonyl (C=O) groups excluding carboxylic acids is 11. The maximum atomic E-state index is 14.4. The summed E-state index contributed by atoms with van der Waals surface area (Å²) in [6, 6.07) is -14.4. The zero-order chi connectivity index (χ0) is 61.4. The number of carbonyl (C=O) groups is 11. The summed E-state index contributed by atoms with van der Waals surface area (Å²) in [5.41, 5.74) is 29.2. The summed E-state index contributed by atoms with van der Waals surface area (Å²) >= 11 is 0. The van der Waals surface area contributed by atoms with Gasteiger partial charge < -0.3 is 97.4 Å². The van der Waals surface area contributed by atoms with E-state index in [1.165, 1.54) is 6.92 Å². The summed E-state index contributed by atoms with van der Waals surface area (Å²) < 4.78 is 0. The van der Waals surface area contributed by atoms with E-state index in [0.29, 0.717) is 12.3 Å². The zero-order valence-corrected chi connectivity index (χ0v) is 48.5. The van der Waals surface area contributed by atoms with E-state index in [1.807, 2.05) is 0 Å². The van der Waals surface area contributed by atoms with E-state index in [4.69, 9.17) is 28.7 Å². The molecule has 11 amide bonds. The second kappa shape index (κ2) is 39.3. The minimum absolute atomic E-state index is 0.00701. The molecule has 1 fully saturated rings. The van der Waals surface area contributed by atoms with Gasteiger partial charge in [0.2, 0.25) is 65.0 Å². The minimum atomic E-state index is -1.68. The Balaban J connectivity index is 3.77. The number of hydrogen-bond acceptors (Lipinski definition) is 18. The molecule has 23 N–H and O–H groups in total. The largest absolute Gasteiger partial charge is 0.394 e. The lowest BCUT2D eigenvalue weighted by molar-refractivity contribution is -0.136. The van der Waals surface area contributed by atoms with Crippen LogP contribution in [-0.4, -0.2) is 188 Å². The van der Waals surface area contributed by atoms with Crippen LogP contribution in [0.15, 0.2) is 0 Å². The van der Waals surface area contributed by atoms with Crippen molar-refractivity contribution in [3.05, 3.63) is 0 Å². The van der Waals surface area contributed by atoms with Gasteiger partial charge in [-0.05, 0) is 115 Å². The predicted molar refractivity (Wildman–Crippen MR) is 301 cm³/mol. The number of amides is 11. The van der Waals surface area contributed by atoms with Crippen LogP contribution in [0.3, 0.4) is 0 Å². The van der Waals surface area contributed by atoms with Gasteiger partial charge in [0.05, 0.1) is 12.7 Å². The highest BCUT2D eigenvalue weighted by molar-refractivity contribution is 5.99. The second-order valence-electron chi connectivity index (χ2n) is 21.7. The first-order valence-electron chi connectivity index (χ1n) is 28.4. The number of nitrogens with two attached hydrogens (primary N) is 5. The molecule has 11 atom stereocenters. The Morgan fingerprint density at radius 3 is 1.35 bits per heavy atom. The first kappa shape index (κ1) is 72.9. The van der Waals surface area contributed by atoms with Gasteiger partial charge in [-0.2, -0.15) is 0 Å². The number of hydrogen-bond donors (Lipinski definition) is 18. The van der Waals surface area contributed by atoms with Crippen molar-refractivity contribution in [3.8, 4) is 0 Å². The summed E-state index contributed by atoms with van der Waals surface area (Å²) in [4.78, 5) is 152. The van der Waals surface area contributed by atoms with E-state index in [2.05, 4.69) is 72.3 Å². The molecule has 0 bridgehead atoms. The van der Waals surface area contributed by atoms with Crippen molar-refractivity contribution >= 4 is 65.0 Å². The van der Waals surface area contributed by atoms with Gasteiger partial charge in [-0.1, -0.05) is 60.8 Å². The molecule has 0 aromatic heterocycles. The molecule has 0 aromatic rings. The fourth-order valence-corrected chi connectivity index (χ4v) is 8.61. The molecule has 81 heavy (non-hydrogen) atoms. The third-order valence-corrected chi connectivity index (χ3v) is 13.1. The predicted octanol–water partition coefficient (Wildman–Crippen LogP) is -5.83. The molecule has 1 rings (SSSR count). The second-order valence-corrected chi connectivity index (χ2v) is 21.7. The van der Waals surface area contributed by atoms with Crippen molar-refractivity contribution in [2.24, 2.45) is 46.4 Å². The van der Waals surface area contributed by atoms with Gasteiger partial charge in [0.1, 0.15) is 60.4 Å². The van der Waals surface area contributed by atoms with Gasteiger partial charge in [-0.25, -0.2) is 0 Å². The molecule has 0 aromatic carbocycles. The summed E-state index contributed by atoms with van der Waals surface area (Å²) in [6.45, 7) is 10.5. The van der Waals surface area contributed by atoms with Crippen molar-refractivity contribution in [1.29, 1.82) is 0 Å². The molecule has 29 heteroatoms. The highest BCUT2D eigenvalue weighted by Gasteiger charge is 2.37. The topological polar surface area (TPSA) is 491 Å². The molecule has 0 saturated carbocycles. The smallest absolute Gasteiger partial charge is 0.245 e. The van der Waals surface area contributed by atoms with Gasteiger partial charge >= 0.3 is 0 Å². The molecule has 1 saturated heterocycles. The van der Waals surface area contributed by atoms with Crippen LogP contribution in [0, 0.1) is 17.8 Å². The monoisotopic (exact) mass is 1150 g/mol. The zero-order valence-electron chi connectivity index (χ0n) is 48.5. The molecule has 1 aliphatic rings. The van der Waals surface area contributed by atoms with Crippen LogP contribution in [0.25, 0.3) is 0 Å². The average Bonchev–Trinajstić information content (AvgIpc) is 3.38. The molecule has 0 spiro atoms. The Kier molecular flexibility index (Phi) is 35.4. The number of nitrogens with one attached hydrogen (secondary N) is 11. The van der Waals surface area contributed by atoms with Crippen molar-refractivity contribution in [3.63, 3.8) is 0 Å². The molecule has 29 nitrogen and oxygen atoms in total. The van der Waals surface area contributed by atoms with E-state index >= 15 is 0 Å². The molecule has 464 valence electrons. The van der Waals surface area contributed by atoms with Crippen LogP contribution in [-0.2, 0) is 52.7 Å². The van der Waals surface area contributed by atoms with Gasteiger partial charge in [0.25, 0.3) is 0 Å². The standard InChI is InChI=1S/C52H98N16O13/c1-28(2)11-9-8-10-12-41(71)59-32(13-19-53)43(72)67-40(27-69)51(80)63-34(15-21-55)45(74)64-37-18-24-58-52(81)42(31(7)70)68-48(77)36(17-23-57)61-44(73)33(14-20-54)62-49(78)38(25-29(3)4)66-50(79)39(26-30(5)6)65-46(75)35(16-22-56)60-47(37)76/h28-40,42,69-70H,8-27,53-57H2,1-7H3,(H,58,81)(H,59,71)(H,60,76)(H,61,73)(H,62,78)(H,63,80)(H,64,74)(H,65,75)(H,66,79)(H,67,72)(H,68,77)/t31-,32+,33+,34+,35+,36+,37+,38+,39-,40+,42+/m1/s1. The Bertz CT molecular complexity index is 2030. The molecule has 1 aliphatic heterocycles. The lowest BCUT2D eigenvalue weighted by Gasteiger charge is -2.29. The molecule has 0 unspecified atom stereocenters. The van der Waals surface area contributed by atoms with Crippen LogP contribution >= 0.6 is 0 Å². The normalized spacial score (nSPS) is 22.8. The van der Waals surface area contributed by atoms with Crippen molar-refractivity contribution in [2.45, 2.75) is 198 Å². The van der Waals surface area contributed by atoms with Crippen molar-refractivity contribution in [2.75, 3.05) is 45.9 Å². The number of aliphatic hydroxyl groups excluding tert-OH is 2. The number of unbranched alkanes of at least 4 members (excludes halogenated alkanes) is 2. The van der Waals surface area contributed by atoms with Gasteiger partial charge in [-0.15, -0.1) is 0 Å². The molecular weight excluding hydrogens is 1060 g/mol. The summed E-state index contributed by atoms with van der Waals surface area (Å²) in [5, 5.41) is 48.9. The van der Waals surface area contributed by atoms with Crippen LogP contribution in [0.2, 0.25) is 0 Å². The SMILES string of the molecule is CC(C)CCCCCC(=O)N[C@@H](CCN)C(=O)N[C@@H](CO)C(=O)N[C@@H](CCN)C(=O)N[C@H]1CCNC(=O)[C@H]([C@@H](C)O)NC(=O)[C@H](CCN)NC(=O)[C@H](CCN)NC(=O)[C@H](CC(C)C)NC(=O)[C@@H](CC(C)C)NC(=O)[C@H](CCN)NC1=O. The van der Waals surface area contributed by atoms with E-state index < -0.39 is 151 Å². The van der Waals surface area contributed by atoms with Crippen LogP contribution in [0.4, 0.5) is 0 Å². The van der Waals surface area contributed by atoms with Crippen molar-refractivity contribution in [1.82, 2.24) is 58.5 Å². The number of aliphatic hydroxyl groups is 2. The Morgan fingerprint density at radius 1 is 0.494 bits per heavy atom. The van der Waals surface area contributed by atoms with E-state index in [9.17, 15) is 63.0 Å². The third kappa shape index (κ3) is 27.9. The molecule has 0 radical (unpaired) electrons. The van der Waals surface area contributed by atoms with Crippen LogP contribution in [0.5, 0.6) is 0 Å². The first-order valence-corrected chi connectivity index (χ1v) is 28.4. The third-order valence-electron chi connectivity index (χ3n) is 13.1. The Labute approximate surface area is 475 Å². The number of rotatable bonds is 29. The van der Waals surface area contributed by atoms with Gasteiger partial charge in [-0.3, -0.25) is 52.7 Å². The van der Waals surface area contributed by atoms with Crippen LogP contribution < -0.4 is 87.2 Å². The summed E-state index contributed by atoms with van der Waals surface area (Å²) in [5.74, 6) is -9.45. The minimum Gasteiger partial charge on any atom is -0.394 e. The lowest BCUT2D eigenvalue weighted by Crippen LogP contribution is -2.61. The van der Waals surface area contributed by atoms with Gasteiger partial charge in [0, 0.05) is 13.0 Å². The van der Waals surface area contributed by atoms with Crippen LogP contribution in [0.1, 0.15) is 132 Å². The highest BCUT2D eigenvalue weighted by Crippen LogP contribution is 2.13. The first-order chi connectivity index (χ1) is 38.3. The highest BCUT2D eigenvalue weighted by atomic mass is 16.3. The Morgan fingerprint density at radius 2 is 0.914 bits per heavy atom.